The average Bonchev–Trinajstić information content (AvgIpc) is 3.03. The van der Waals surface area contributed by atoms with Crippen molar-refractivity contribution in [3.05, 3.63) is 58.7 Å². The molecule has 1 amide bonds. The molecule has 1 aliphatic heterocycles. The summed E-state index contributed by atoms with van der Waals surface area (Å²) in [4.78, 5) is 14.1. The Hall–Kier alpha value is -2.29. The molecule has 2 aliphatic rings. The lowest BCUT2D eigenvalue weighted by Crippen LogP contribution is -2.26. The maximum Gasteiger partial charge on any atom is 0.231 e. The fourth-order valence-electron chi connectivity index (χ4n) is 3.48. The standard InChI is InChI=1S/C18H18N2O/c19-16-6-7-17-15(9-16)10-18(21)20(17)11-12-4-5-13-2-1-3-14(13)8-12/h4-9H,1-3,10-11,19H2. The first kappa shape index (κ1) is 12.5. The number of anilines is 2. The number of aryl methyl sites for hydroxylation is 2. The number of fused-ring (bicyclic) bond motifs is 2. The zero-order valence-corrected chi connectivity index (χ0v) is 11.9. The van der Waals surface area contributed by atoms with Crippen LogP contribution in [0.3, 0.4) is 0 Å². The quantitative estimate of drug-likeness (QED) is 0.859. The van der Waals surface area contributed by atoms with Gasteiger partial charge in [-0.2, -0.15) is 0 Å². The molecule has 0 saturated carbocycles. The number of hydrogen-bond acceptors (Lipinski definition) is 2. The molecule has 0 spiro atoms. The molecule has 3 heteroatoms. The van der Waals surface area contributed by atoms with Crippen molar-refractivity contribution < 1.29 is 4.79 Å². The molecule has 3 nitrogen and oxygen atoms in total. The predicted molar refractivity (Wildman–Crippen MR) is 84.2 cm³/mol. The van der Waals surface area contributed by atoms with Crippen LogP contribution < -0.4 is 10.6 Å². The van der Waals surface area contributed by atoms with Crippen LogP contribution in [-0.4, -0.2) is 5.91 Å². The summed E-state index contributed by atoms with van der Waals surface area (Å²) in [5, 5.41) is 0. The van der Waals surface area contributed by atoms with Gasteiger partial charge in [0.1, 0.15) is 0 Å². The highest BCUT2D eigenvalue weighted by Gasteiger charge is 2.27. The summed E-state index contributed by atoms with van der Waals surface area (Å²) < 4.78 is 0. The molecule has 0 aromatic heterocycles. The van der Waals surface area contributed by atoms with Crippen LogP contribution in [-0.2, 0) is 30.6 Å². The van der Waals surface area contributed by atoms with Gasteiger partial charge in [-0.25, -0.2) is 0 Å². The Morgan fingerprint density at radius 1 is 1.00 bits per heavy atom. The Balaban J connectivity index is 1.64. The van der Waals surface area contributed by atoms with Gasteiger partial charge in [0.25, 0.3) is 0 Å². The first-order valence-corrected chi connectivity index (χ1v) is 7.50. The number of nitrogens with zero attached hydrogens (tertiary/aromatic N) is 1. The molecule has 0 radical (unpaired) electrons. The van der Waals surface area contributed by atoms with Crippen LogP contribution in [0.15, 0.2) is 36.4 Å². The first-order chi connectivity index (χ1) is 10.2. The van der Waals surface area contributed by atoms with Crippen molar-refractivity contribution in [2.75, 3.05) is 10.6 Å². The lowest BCUT2D eigenvalue weighted by atomic mass is 10.1. The minimum atomic E-state index is 0.163. The molecule has 2 aromatic carbocycles. The van der Waals surface area contributed by atoms with Crippen molar-refractivity contribution in [1.82, 2.24) is 0 Å². The molecule has 106 valence electrons. The van der Waals surface area contributed by atoms with Gasteiger partial charge in [0.2, 0.25) is 5.91 Å². The van der Waals surface area contributed by atoms with Crippen LogP contribution in [0.5, 0.6) is 0 Å². The lowest BCUT2D eigenvalue weighted by molar-refractivity contribution is -0.117. The maximum atomic E-state index is 12.3. The zero-order chi connectivity index (χ0) is 14.4. The van der Waals surface area contributed by atoms with E-state index in [4.69, 9.17) is 5.73 Å². The summed E-state index contributed by atoms with van der Waals surface area (Å²) in [6.45, 7) is 0.656. The monoisotopic (exact) mass is 278 g/mol. The molecule has 0 saturated heterocycles. The summed E-state index contributed by atoms with van der Waals surface area (Å²) in [5.41, 5.74) is 12.7. The van der Waals surface area contributed by atoms with Crippen LogP contribution in [0.4, 0.5) is 11.4 Å². The van der Waals surface area contributed by atoms with E-state index in [9.17, 15) is 4.79 Å². The van der Waals surface area contributed by atoms with E-state index in [2.05, 4.69) is 18.2 Å². The Bertz CT molecular complexity index is 736. The number of hydrogen-bond donors (Lipinski definition) is 1. The number of benzene rings is 2. The Morgan fingerprint density at radius 2 is 1.86 bits per heavy atom. The van der Waals surface area contributed by atoms with Crippen LogP contribution in [0.2, 0.25) is 0 Å². The average molecular weight is 278 g/mol. The van der Waals surface area contributed by atoms with Crippen molar-refractivity contribution in [3.8, 4) is 0 Å². The largest absolute Gasteiger partial charge is 0.399 e. The Morgan fingerprint density at radius 3 is 2.76 bits per heavy atom. The number of nitrogen functional groups attached to an aromatic ring is 1. The summed E-state index contributed by atoms with van der Waals surface area (Å²) in [6.07, 6.45) is 4.08. The minimum Gasteiger partial charge on any atom is -0.399 e. The zero-order valence-electron chi connectivity index (χ0n) is 11.9. The van der Waals surface area contributed by atoms with Gasteiger partial charge in [0, 0.05) is 11.4 Å². The van der Waals surface area contributed by atoms with E-state index in [0.29, 0.717) is 13.0 Å². The number of amides is 1. The Kier molecular flexibility index (Phi) is 2.74. The molecule has 0 bridgehead atoms. The van der Waals surface area contributed by atoms with Crippen molar-refractivity contribution in [2.24, 2.45) is 0 Å². The van der Waals surface area contributed by atoms with Crippen molar-refractivity contribution in [1.29, 1.82) is 0 Å². The van der Waals surface area contributed by atoms with Crippen molar-refractivity contribution in [3.63, 3.8) is 0 Å². The van der Waals surface area contributed by atoms with Crippen molar-refractivity contribution in [2.45, 2.75) is 32.2 Å². The highest BCUT2D eigenvalue weighted by atomic mass is 16.2. The van der Waals surface area contributed by atoms with Gasteiger partial charge in [0.05, 0.1) is 13.0 Å². The van der Waals surface area contributed by atoms with Crippen molar-refractivity contribution >= 4 is 17.3 Å². The summed E-state index contributed by atoms with van der Waals surface area (Å²) >= 11 is 0. The van der Waals surface area contributed by atoms with Crippen LogP contribution in [0.1, 0.15) is 28.7 Å². The fraction of sp³-hybridized carbons (Fsp3) is 0.278. The van der Waals surface area contributed by atoms with Gasteiger partial charge in [-0.15, -0.1) is 0 Å². The van der Waals surface area contributed by atoms with E-state index < -0.39 is 0 Å². The van der Waals surface area contributed by atoms with Gasteiger partial charge < -0.3 is 10.6 Å². The SMILES string of the molecule is Nc1ccc2c(c1)CC(=O)N2Cc1ccc2c(c1)CCC2. The first-order valence-electron chi connectivity index (χ1n) is 7.50. The fourth-order valence-corrected chi connectivity index (χ4v) is 3.48. The molecule has 0 fully saturated rings. The minimum absolute atomic E-state index is 0.163. The van der Waals surface area contributed by atoms with Gasteiger partial charge in [0.15, 0.2) is 0 Å². The Labute approximate surface area is 124 Å². The summed E-state index contributed by atoms with van der Waals surface area (Å²) in [7, 11) is 0. The number of carbonyl (C=O) groups excluding carboxylic acids is 1. The molecule has 2 aromatic rings. The molecular formula is C18H18N2O. The number of rotatable bonds is 2. The molecule has 1 heterocycles. The summed E-state index contributed by atoms with van der Waals surface area (Å²) in [6, 6.07) is 12.4. The normalized spacial score (nSPS) is 16.2. The lowest BCUT2D eigenvalue weighted by Gasteiger charge is -2.18. The maximum absolute atomic E-state index is 12.3. The van der Waals surface area contributed by atoms with Gasteiger partial charge in [-0.1, -0.05) is 18.2 Å². The third kappa shape index (κ3) is 2.09. The molecule has 4 rings (SSSR count). The molecule has 0 atom stereocenters. The van der Waals surface area contributed by atoms with Crippen LogP contribution >= 0.6 is 0 Å². The number of carbonyl (C=O) groups is 1. The second-order valence-electron chi connectivity index (χ2n) is 6.00. The van der Waals surface area contributed by atoms with Crippen LogP contribution in [0, 0.1) is 0 Å². The van der Waals surface area contributed by atoms with E-state index in [-0.39, 0.29) is 5.91 Å². The highest BCUT2D eigenvalue weighted by molar-refractivity contribution is 6.01. The van der Waals surface area contributed by atoms with Crippen LogP contribution in [0.25, 0.3) is 0 Å². The van der Waals surface area contributed by atoms with E-state index >= 15 is 0 Å². The van der Waals surface area contributed by atoms with Gasteiger partial charge >= 0.3 is 0 Å². The van der Waals surface area contributed by atoms with E-state index in [1.807, 2.05) is 23.1 Å². The topological polar surface area (TPSA) is 46.3 Å². The molecule has 21 heavy (non-hydrogen) atoms. The predicted octanol–water partition coefficient (Wildman–Crippen LogP) is 2.85. The number of nitrogens with two attached hydrogens (primary N) is 1. The van der Waals surface area contributed by atoms with E-state index in [1.54, 1.807) is 0 Å². The van der Waals surface area contributed by atoms with E-state index in [1.165, 1.54) is 36.0 Å². The molecule has 2 N–H and O–H groups in total. The van der Waals surface area contributed by atoms with Gasteiger partial charge in [-0.3, -0.25) is 4.79 Å². The molecule has 0 unspecified atom stereocenters. The van der Waals surface area contributed by atoms with Gasteiger partial charge in [-0.05, 0) is 59.7 Å². The third-order valence-corrected chi connectivity index (χ3v) is 4.54. The highest BCUT2D eigenvalue weighted by Crippen LogP contribution is 2.32. The molecular weight excluding hydrogens is 260 g/mol. The second-order valence-corrected chi connectivity index (χ2v) is 6.00. The summed E-state index contributed by atoms with van der Waals surface area (Å²) in [5.74, 6) is 0.163. The third-order valence-electron chi connectivity index (χ3n) is 4.54. The molecule has 1 aliphatic carbocycles. The van der Waals surface area contributed by atoms with E-state index in [0.717, 1.165) is 16.9 Å². The second kappa shape index (κ2) is 4.62. The smallest absolute Gasteiger partial charge is 0.231 e.